The number of carbonyl (C=O) groups excluding carboxylic acids is 1. The fourth-order valence-electron chi connectivity index (χ4n) is 2.66. The first-order valence-electron chi connectivity index (χ1n) is 9.23. The van der Waals surface area contributed by atoms with Crippen LogP contribution in [0, 0.1) is 18.3 Å². The number of hydrogen-bond donors (Lipinski definition) is 2. The maximum absolute atomic E-state index is 11.9. The Hall–Kier alpha value is -3.53. The van der Waals surface area contributed by atoms with Gasteiger partial charge in [0.15, 0.2) is 5.75 Å². The van der Waals surface area contributed by atoms with E-state index in [1.807, 2.05) is 25.1 Å². The van der Waals surface area contributed by atoms with Gasteiger partial charge in [-0.25, -0.2) is 10.2 Å². The average molecular weight is 453 g/mol. The van der Waals surface area contributed by atoms with E-state index in [0.717, 1.165) is 11.1 Å². The molecular formula is C23H18Cl2N4O2. The summed E-state index contributed by atoms with van der Waals surface area (Å²) in [5.41, 5.74) is 5.96. The molecule has 0 saturated carbocycles. The molecule has 0 aliphatic heterocycles. The molecule has 0 fully saturated rings. The Morgan fingerprint density at radius 2 is 1.81 bits per heavy atom. The molecule has 3 rings (SSSR count). The molecule has 3 aromatic rings. The highest BCUT2D eigenvalue weighted by atomic mass is 35.5. The third-order valence-corrected chi connectivity index (χ3v) is 4.78. The van der Waals surface area contributed by atoms with Crippen molar-refractivity contribution in [2.45, 2.75) is 13.5 Å². The second kappa shape index (κ2) is 10.5. The van der Waals surface area contributed by atoms with Crippen LogP contribution in [0.5, 0.6) is 5.75 Å². The maximum atomic E-state index is 11.9. The number of rotatable bonds is 6. The highest BCUT2D eigenvalue weighted by Gasteiger charge is 2.11. The van der Waals surface area contributed by atoms with E-state index in [4.69, 9.17) is 33.2 Å². The van der Waals surface area contributed by atoms with Crippen molar-refractivity contribution in [3.05, 3.63) is 93.0 Å². The van der Waals surface area contributed by atoms with Crippen LogP contribution in [0.25, 0.3) is 0 Å². The van der Waals surface area contributed by atoms with Gasteiger partial charge in [-0.3, -0.25) is 0 Å². The van der Waals surface area contributed by atoms with Crippen molar-refractivity contribution in [2.24, 2.45) is 5.10 Å². The molecule has 0 aromatic heterocycles. The molecule has 2 amide bonds. The lowest BCUT2D eigenvalue weighted by Gasteiger charge is -2.11. The van der Waals surface area contributed by atoms with Gasteiger partial charge in [0.05, 0.1) is 27.9 Å². The molecule has 0 radical (unpaired) electrons. The van der Waals surface area contributed by atoms with Crippen LogP contribution in [0.4, 0.5) is 10.5 Å². The fraction of sp³-hybridized carbons (Fsp3) is 0.0870. The minimum absolute atomic E-state index is 0.150. The zero-order chi connectivity index (χ0) is 22.2. The van der Waals surface area contributed by atoms with Crippen molar-refractivity contribution in [2.75, 3.05) is 5.32 Å². The SMILES string of the molecule is Cc1ccc(NC(=O)NN=Cc2cc(Cl)c(OCc3ccccc3C#N)c(Cl)c2)cc1. The van der Waals surface area contributed by atoms with Crippen molar-refractivity contribution >= 4 is 41.1 Å². The summed E-state index contributed by atoms with van der Waals surface area (Å²) in [5.74, 6) is 0.304. The molecule has 0 atom stereocenters. The molecular weight excluding hydrogens is 435 g/mol. The molecule has 0 bridgehead atoms. The molecule has 6 nitrogen and oxygen atoms in total. The molecule has 0 saturated heterocycles. The number of hydrogen-bond acceptors (Lipinski definition) is 4. The van der Waals surface area contributed by atoms with E-state index in [-0.39, 0.29) is 16.7 Å². The van der Waals surface area contributed by atoms with Crippen LogP contribution in [0.3, 0.4) is 0 Å². The molecule has 3 aromatic carbocycles. The first-order valence-corrected chi connectivity index (χ1v) is 9.98. The Labute approximate surface area is 190 Å². The van der Waals surface area contributed by atoms with Gasteiger partial charge in [0.2, 0.25) is 0 Å². The van der Waals surface area contributed by atoms with Crippen LogP contribution in [0.15, 0.2) is 65.8 Å². The standard InChI is InChI=1S/C23H18Cl2N4O2/c1-15-6-8-19(9-7-15)28-23(30)29-27-13-16-10-20(24)22(21(25)11-16)31-14-18-5-3-2-4-17(18)12-26/h2-11,13H,14H2,1H3,(H2,28,29,30). The van der Waals surface area contributed by atoms with E-state index in [2.05, 4.69) is 21.9 Å². The number of nitrogens with one attached hydrogen (secondary N) is 2. The van der Waals surface area contributed by atoms with Crippen LogP contribution >= 0.6 is 23.2 Å². The first-order chi connectivity index (χ1) is 15.0. The largest absolute Gasteiger partial charge is 0.486 e. The maximum Gasteiger partial charge on any atom is 0.339 e. The van der Waals surface area contributed by atoms with Gasteiger partial charge in [-0.2, -0.15) is 10.4 Å². The second-order valence-corrected chi connectivity index (χ2v) is 7.38. The number of amides is 2. The van der Waals surface area contributed by atoms with Gasteiger partial charge in [-0.1, -0.05) is 59.1 Å². The van der Waals surface area contributed by atoms with Crippen LogP contribution in [0.1, 0.15) is 22.3 Å². The van der Waals surface area contributed by atoms with Gasteiger partial charge in [-0.15, -0.1) is 0 Å². The summed E-state index contributed by atoms with van der Waals surface area (Å²) in [4.78, 5) is 11.9. The normalized spacial score (nSPS) is 10.5. The molecule has 0 heterocycles. The Kier molecular flexibility index (Phi) is 7.50. The van der Waals surface area contributed by atoms with Gasteiger partial charge in [0.25, 0.3) is 0 Å². The second-order valence-electron chi connectivity index (χ2n) is 6.56. The van der Waals surface area contributed by atoms with Gasteiger partial charge in [-0.05, 0) is 42.8 Å². The average Bonchev–Trinajstić information content (AvgIpc) is 2.75. The number of urea groups is 1. The highest BCUT2D eigenvalue weighted by Crippen LogP contribution is 2.34. The number of halogens is 2. The summed E-state index contributed by atoms with van der Waals surface area (Å²) in [6, 6.07) is 19.4. The smallest absolute Gasteiger partial charge is 0.339 e. The fourth-order valence-corrected chi connectivity index (χ4v) is 3.27. The molecule has 2 N–H and O–H groups in total. The molecule has 8 heteroatoms. The number of carbonyl (C=O) groups is 1. The Morgan fingerprint density at radius 1 is 1.13 bits per heavy atom. The monoisotopic (exact) mass is 452 g/mol. The Balaban J connectivity index is 1.61. The Morgan fingerprint density at radius 3 is 2.48 bits per heavy atom. The topological polar surface area (TPSA) is 86.5 Å². The molecule has 31 heavy (non-hydrogen) atoms. The van der Waals surface area contributed by atoms with Crippen molar-refractivity contribution < 1.29 is 9.53 Å². The summed E-state index contributed by atoms with van der Waals surface area (Å²) >= 11 is 12.6. The van der Waals surface area contributed by atoms with Crippen LogP contribution in [-0.2, 0) is 6.61 Å². The number of nitriles is 1. The van der Waals surface area contributed by atoms with Crippen LogP contribution in [-0.4, -0.2) is 12.2 Å². The van der Waals surface area contributed by atoms with E-state index < -0.39 is 6.03 Å². The minimum atomic E-state index is -0.478. The number of aryl methyl sites for hydroxylation is 1. The summed E-state index contributed by atoms with van der Waals surface area (Å²) < 4.78 is 5.73. The molecule has 0 spiro atoms. The van der Waals surface area contributed by atoms with Crippen molar-refractivity contribution in [1.82, 2.24) is 5.43 Å². The number of benzene rings is 3. The quantitative estimate of drug-likeness (QED) is 0.360. The number of hydrazone groups is 1. The summed E-state index contributed by atoms with van der Waals surface area (Å²) in [6.45, 7) is 2.11. The van der Waals surface area contributed by atoms with Gasteiger partial charge in [0, 0.05) is 11.3 Å². The van der Waals surface area contributed by atoms with E-state index >= 15 is 0 Å². The highest BCUT2D eigenvalue weighted by molar-refractivity contribution is 6.37. The predicted octanol–water partition coefficient (Wildman–Crippen LogP) is 5.91. The zero-order valence-corrected chi connectivity index (χ0v) is 18.0. The number of nitrogens with zero attached hydrogens (tertiary/aromatic N) is 2. The summed E-state index contributed by atoms with van der Waals surface area (Å²) in [5, 5.41) is 16.3. The van der Waals surface area contributed by atoms with Crippen LogP contribution in [0.2, 0.25) is 10.0 Å². The lowest BCUT2D eigenvalue weighted by molar-refractivity contribution is 0.252. The van der Waals surface area contributed by atoms with Gasteiger partial charge >= 0.3 is 6.03 Å². The van der Waals surface area contributed by atoms with Gasteiger partial charge < -0.3 is 10.1 Å². The molecule has 0 unspecified atom stereocenters. The van der Waals surface area contributed by atoms with E-state index in [1.165, 1.54) is 6.21 Å². The zero-order valence-electron chi connectivity index (χ0n) is 16.5. The van der Waals surface area contributed by atoms with Crippen molar-refractivity contribution in [3.63, 3.8) is 0 Å². The predicted molar refractivity (Wildman–Crippen MR) is 123 cm³/mol. The third kappa shape index (κ3) is 6.22. The van der Waals surface area contributed by atoms with Crippen molar-refractivity contribution in [3.8, 4) is 11.8 Å². The molecule has 0 aliphatic rings. The minimum Gasteiger partial charge on any atom is -0.486 e. The number of ether oxygens (including phenoxy) is 1. The lowest BCUT2D eigenvalue weighted by Crippen LogP contribution is -2.24. The van der Waals surface area contributed by atoms with Crippen molar-refractivity contribution in [1.29, 1.82) is 5.26 Å². The van der Waals surface area contributed by atoms with E-state index in [9.17, 15) is 4.79 Å². The summed E-state index contributed by atoms with van der Waals surface area (Å²) in [7, 11) is 0. The number of anilines is 1. The Bertz CT molecular complexity index is 1130. The molecule has 156 valence electrons. The first kappa shape index (κ1) is 22.2. The van der Waals surface area contributed by atoms with E-state index in [1.54, 1.807) is 42.5 Å². The lowest BCUT2D eigenvalue weighted by atomic mass is 10.1. The van der Waals surface area contributed by atoms with Gasteiger partial charge in [0.1, 0.15) is 6.61 Å². The third-order valence-electron chi connectivity index (χ3n) is 4.22. The van der Waals surface area contributed by atoms with E-state index in [0.29, 0.717) is 22.6 Å². The summed E-state index contributed by atoms with van der Waals surface area (Å²) in [6.07, 6.45) is 1.42. The molecule has 0 aliphatic carbocycles. The van der Waals surface area contributed by atoms with Crippen LogP contribution < -0.4 is 15.5 Å².